The van der Waals surface area contributed by atoms with Gasteiger partial charge in [0.2, 0.25) is 0 Å². The van der Waals surface area contributed by atoms with Crippen molar-refractivity contribution in [3.05, 3.63) is 150 Å². The fourth-order valence-electron chi connectivity index (χ4n) is 11.3. The molecule has 48 heavy (non-hydrogen) atoms. The van der Waals surface area contributed by atoms with Gasteiger partial charge in [0.15, 0.2) is 0 Å². The average molecular weight is 618 g/mol. The van der Waals surface area contributed by atoms with Crippen molar-refractivity contribution in [2.75, 3.05) is 0 Å². The van der Waals surface area contributed by atoms with Crippen molar-refractivity contribution in [1.29, 1.82) is 0 Å². The van der Waals surface area contributed by atoms with Crippen LogP contribution in [0.5, 0.6) is 0 Å². The number of benzene rings is 6. The largest absolute Gasteiger partial charge is 0.309 e. The highest BCUT2D eigenvalue weighted by atomic mass is 15.0. The van der Waals surface area contributed by atoms with Gasteiger partial charge in [0.1, 0.15) is 0 Å². The second-order valence-corrected chi connectivity index (χ2v) is 15.5. The second kappa shape index (κ2) is 10.1. The molecule has 232 valence electrons. The Morgan fingerprint density at radius 1 is 0.458 bits per heavy atom. The lowest BCUT2D eigenvalue weighted by Crippen LogP contribution is -2.48. The third kappa shape index (κ3) is 3.85. The van der Waals surface area contributed by atoms with E-state index in [9.17, 15) is 0 Å². The van der Waals surface area contributed by atoms with Gasteiger partial charge in [-0.15, -0.1) is 0 Å². The van der Waals surface area contributed by atoms with Gasteiger partial charge in [0, 0.05) is 16.3 Å². The predicted octanol–water partition coefficient (Wildman–Crippen LogP) is 12.2. The Morgan fingerprint density at radius 3 is 1.79 bits per heavy atom. The number of fused-ring (bicyclic) bond motifs is 6. The second-order valence-electron chi connectivity index (χ2n) is 15.5. The van der Waals surface area contributed by atoms with Crippen LogP contribution in [0.2, 0.25) is 0 Å². The summed E-state index contributed by atoms with van der Waals surface area (Å²) in [5, 5.41) is 2.77. The number of aromatic nitrogens is 1. The van der Waals surface area contributed by atoms with Crippen LogP contribution in [-0.4, -0.2) is 4.57 Å². The van der Waals surface area contributed by atoms with Crippen LogP contribution in [0.4, 0.5) is 0 Å². The van der Waals surface area contributed by atoms with Gasteiger partial charge in [0.25, 0.3) is 0 Å². The molecule has 4 fully saturated rings. The lowest BCUT2D eigenvalue weighted by atomic mass is 9.48. The Balaban J connectivity index is 1.09. The number of hydrogen-bond acceptors (Lipinski definition) is 0. The van der Waals surface area contributed by atoms with E-state index in [1.807, 2.05) is 0 Å². The molecule has 1 aromatic heterocycles. The highest BCUT2D eigenvalue weighted by Crippen LogP contribution is 2.61. The summed E-state index contributed by atoms with van der Waals surface area (Å²) in [4.78, 5) is 0. The molecule has 6 aromatic carbocycles. The number of para-hydroxylation sites is 2. The van der Waals surface area contributed by atoms with Crippen molar-refractivity contribution < 1.29 is 0 Å². The molecule has 7 aromatic rings. The Bertz CT molecular complexity index is 2390. The van der Waals surface area contributed by atoms with Gasteiger partial charge in [0.05, 0.1) is 16.7 Å². The maximum Gasteiger partial charge on any atom is 0.0541 e. The molecule has 0 amide bonds. The minimum atomic E-state index is 0.387. The molecule has 12 rings (SSSR count). The van der Waals surface area contributed by atoms with Gasteiger partial charge in [-0.25, -0.2) is 0 Å². The maximum absolute atomic E-state index is 2.61. The number of hydrogen-bond donors (Lipinski definition) is 0. The van der Waals surface area contributed by atoms with Gasteiger partial charge in [-0.05, 0) is 137 Å². The molecule has 0 N–H and O–H groups in total. The summed E-state index contributed by atoms with van der Waals surface area (Å²) >= 11 is 0. The standard InChI is InChI=1S/C47H39N/c1-2-11-35-33(10-1)25-42-36(35)16-9-17-39(42)37-12-3-4-13-38(37)40-14-5-7-18-44(40)48-45-19-8-6-15-41(45)43-26-34(20-21-46(43)48)47-27-30-22-31(28-47)24-32(23-30)29-47/h1-21,26,30-32H,22-25,27-29H2. The zero-order chi connectivity index (χ0) is 31.4. The third-order valence-electron chi connectivity index (χ3n) is 12.8. The summed E-state index contributed by atoms with van der Waals surface area (Å²) in [6.07, 6.45) is 9.63. The summed E-state index contributed by atoms with van der Waals surface area (Å²) in [6, 6.07) is 50.6. The molecule has 0 radical (unpaired) electrons. The van der Waals surface area contributed by atoms with E-state index in [2.05, 4.69) is 138 Å². The van der Waals surface area contributed by atoms with E-state index < -0.39 is 0 Å². The highest BCUT2D eigenvalue weighted by Gasteiger charge is 2.51. The normalized spacial score (nSPS) is 23.5. The topological polar surface area (TPSA) is 4.93 Å². The first kappa shape index (κ1) is 27.1. The first-order chi connectivity index (χ1) is 23.7. The minimum Gasteiger partial charge on any atom is -0.309 e. The summed E-state index contributed by atoms with van der Waals surface area (Å²) in [7, 11) is 0. The van der Waals surface area contributed by atoms with Crippen LogP contribution in [0.3, 0.4) is 0 Å². The summed E-state index contributed by atoms with van der Waals surface area (Å²) in [6.45, 7) is 0. The van der Waals surface area contributed by atoms with Crippen molar-refractivity contribution in [3.63, 3.8) is 0 Å². The Morgan fingerprint density at radius 2 is 1.02 bits per heavy atom. The molecular weight excluding hydrogens is 579 g/mol. The van der Waals surface area contributed by atoms with Gasteiger partial charge in [-0.1, -0.05) is 109 Å². The average Bonchev–Trinajstić information content (AvgIpc) is 3.67. The first-order valence-electron chi connectivity index (χ1n) is 18.2. The molecule has 0 saturated heterocycles. The van der Waals surface area contributed by atoms with E-state index >= 15 is 0 Å². The van der Waals surface area contributed by atoms with E-state index in [0.29, 0.717) is 5.41 Å². The summed E-state index contributed by atoms with van der Waals surface area (Å²) in [5.74, 6) is 2.83. The van der Waals surface area contributed by atoms with Crippen LogP contribution >= 0.6 is 0 Å². The Hall–Kier alpha value is -4.88. The maximum atomic E-state index is 2.61. The van der Waals surface area contributed by atoms with Crippen molar-refractivity contribution in [2.24, 2.45) is 17.8 Å². The molecule has 0 aliphatic heterocycles. The molecular formula is C47H39N. The van der Waals surface area contributed by atoms with E-state index in [1.165, 1.54) is 111 Å². The minimum absolute atomic E-state index is 0.387. The molecule has 1 heteroatoms. The van der Waals surface area contributed by atoms with Gasteiger partial charge < -0.3 is 4.57 Å². The third-order valence-corrected chi connectivity index (χ3v) is 12.8. The quantitative estimate of drug-likeness (QED) is 0.185. The molecule has 0 unspecified atom stereocenters. The summed E-state index contributed by atoms with van der Waals surface area (Å²) in [5.41, 5.74) is 16.7. The molecule has 4 bridgehead atoms. The molecule has 0 spiro atoms. The number of nitrogens with zero attached hydrogens (tertiary/aromatic N) is 1. The van der Waals surface area contributed by atoms with E-state index in [1.54, 1.807) is 5.56 Å². The van der Waals surface area contributed by atoms with E-state index in [0.717, 1.165) is 24.2 Å². The zero-order valence-corrected chi connectivity index (χ0v) is 27.3. The fraction of sp³-hybridized carbons (Fsp3) is 0.234. The van der Waals surface area contributed by atoms with Gasteiger partial charge >= 0.3 is 0 Å². The van der Waals surface area contributed by atoms with Crippen LogP contribution < -0.4 is 0 Å². The zero-order valence-electron chi connectivity index (χ0n) is 27.3. The SMILES string of the molecule is c1ccc2c(c1)Cc1c-2cccc1-c1ccccc1-c1ccccc1-n1c2ccccc2c2cc(C34CC5CC(CC(C5)C3)C4)ccc21. The van der Waals surface area contributed by atoms with Crippen molar-refractivity contribution in [3.8, 4) is 39.1 Å². The van der Waals surface area contributed by atoms with Gasteiger partial charge in [-0.2, -0.15) is 0 Å². The molecule has 5 aliphatic rings. The molecule has 0 atom stereocenters. The monoisotopic (exact) mass is 617 g/mol. The van der Waals surface area contributed by atoms with Crippen LogP contribution in [0.1, 0.15) is 55.2 Å². The van der Waals surface area contributed by atoms with Gasteiger partial charge in [-0.3, -0.25) is 0 Å². The lowest BCUT2D eigenvalue weighted by Gasteiger charge is -2.57. The van der Waals surface area contributed by atoms with Crippen molar-refractivity contribution in [2.45, 2.75) is 50.4 Å². The van der Waals surface area contributed by atoms with E-state index in [-0.39, 0.29) is 0 Å². The fourth-order valence-corrected chi connectivity index (χ4v) is 11.3. The van der Waals surface area contributed by atoms with E-state index in [4.69, 9.17) is 0 Å². The van der Waals surface area contributed by atoms with Crippen LogP contribution in [-0.2, 0) is 11.8 Å². The van der Waals surface area contributed by atoms with Crippen LogP contribution in [0.25, 0.3) is 60.9 Å². The molecule has 1 nitrogen and oxygen atoms in total. The first-order valence-corrected chi connectivity index (χ1v) is 18.2. The lowest BCUT2D eigenvalue weighted by molar-refractivity contribution is -0.00512. The van der Waals surface area contributed by atoms with Crippen molar-refractivity contribution in [1.82, 2.24) is 4.57 Å². The molecule has 1 heterocycles. The highest BCUT2D eigenvalue weighted by molar-refractivity contribution is 6.10. The smallest absolute Gasteiger partial charge is 0.0541 e. The van der Waals surface area contributed by atoms with Crippen LogP contribution in [0.15, 0.2) is 133 Å². The van der Waals surface area contributed by atoms with Crippen molar-refractivity contribution >= 4 is 21.8 Å². The van der Waals surface area contributed by atoms with Crippen LogP contribution in [0, 0.1) is 17.8 Å². The Labute approximate surface area is 282 Å². The summed E-state index contributed by atoms with van der Waals surface area (Å²) < 4.78 is 2.55. The predicted molar refractivity (Wildman–Crippen MR) is 200 cm³/mol. The Kier molecular flexibility index (Phi) is 5.68. The number of rotatable bonds is 4. The molecule has 5 aliphatic carbocycles. The molecule has 4 saturated carbocycles.